The molecule has 2 heterocycles. The van der Waals surface area contributed by atoms with Crippen LogP contribution < -0.4 is 10.6 Å². The van der Waals surface area contributed by atoms with E-state index in [2.05, 4.69) is 15.6 Å². The predicted octanol–water partition coefficient (Wildman–Crippen LogP) is 2.48. The molecule has 0 saturated carbocycles. The molecule has 1 aliphatic rings. The number of rotatable bonds is 3. The first-order valence-electron chi connectivity index (χ1n) is 8.05. The number of benzene rings is 1. The van der Waals surface area contributed by atoms with Crippen molar-refractivity contribution in [2.75, 3.05) is 10.6 Å². The fraction of sp³-hybridized carbons (Fsp3) is 0.278. The van der Waals surface area contributed by atoms with Crippen LogP contribution in [0.1, 0.15) is 25.1 Å². The van der Waals surface area contributed by atoms with Crippen LogP contribution in [0.3, 0.4) is 0 Å². The zero-order valence-electron chi connectivity index (χ0n) is 14.4. The number of aromatic nitrogens is 1. The monoisotopic (exact) mass is 358 g/mol. The lowest BCUT2D eigenvalue weighted by molar-refractivity contribution is -0.130. The third-order valence-corrected chi connectivity index (χ3v) is 3.97. The first kappa shape index (κ1) is 17.8. The van der Waals surface area contributed by atoms with Gasteiger partial charge < -0.3 is 20.6 Å². The molecule has 8 heteroatoms. The van der Waals surface area contributed by atoms with Crippen LogP contribution in [-0.2, 0) is 17.9 Å². The van der Waals surface area contributed by atoms with E-state index in [0.717, 1.165) is 6.20 Å². The molecule has 2 aromatic rings. The molecule has 0 spiro atoms. The van der Waals surface area contributed by atoms with Gasteiger partial charge in [0.05, 0.1) is 18.4 Å². The Bertz CT molecular complexity index is 847. The van der Waals surface area contributed by atoms with E-state index in [4.69, 9.17) is 0 Å². The number of nitrogens with zero attached hydrogens (tertiary/aromatic N) is 2. The zero-order valence-corrected chi connectivity index (χ0v) is 14.4. The van der Waals surface area contributed by atoms with Gasteiger partial charge in [-0.05, 0) is 49.7 Å². The van der Waals surface area contributed by atoms with Gasteiger partial charge in [-0.15, -0.1) is 0 Å². The van der Waals surface area contributed by atoms with Crippen molar-refractivity contribution in [3.8, 4) is 0 Å². The fourth-order valence-corrected chi connectivity index (χ4v) is 2.50. The van der Waals surface area contributed by atoms with Crippen LogP contribution in [0.2, 0.25) is 0 Å². The van der Waals surface area contributed by atoms with E-state index >= 15 is 0 Å². The van der Waals surface area contributed by atoms with Crippen molar-refractivity contribution in [2.45, 2.75) is 32.5 Å². The van der Waals surface area contributed by atoms with Gasteiger partial charge in [-0.2, -0.15) is 0 Å². The smallest absolute Gasteiger partial charge is 0.322 e. The topological polar surface area (TPSA) is 94.6 Å². The quantitative estimate of drug-likeness (QED) is 0.786. The Balaban J connectivity index is 1.60. The molecule has 1 aromatic heterocycles. The lowest BCUT2D eigenvalue weighted by atomic mass is 10.1. The highest BCUT2D eigenvalue weighted by Crippen LogP contribution is 2.23. The first-order valence-corrected chi connectivity index (χ1v) is 8.05. The highest BCUT2D eigenvalue weighted by Gasteiger charge is 2.25. The number of amides is 3. The van der Waals surface area contributed by atoms with Crippen LogP contribution in [0, 0.1) is 5.82 Å². The molecular weight excluding hydrogens is 339 g/mol. The largest absolute Gasteiger partial charge is 0.381 e. The van der Waals surface area contributed by atoms with Gasteiger partial charge >= 0.3 is 6.03 Å². The number of urea groups is 1. The van der Waals surface area contributed by atoms with Crippen molar-refractivity contribution in [1.29, 1.82) is 0 Å². The van der Waals surface area contributed by atoms with Crippen molar-refractivity contribution in [3.63, 3.8) is 0 Å². The fourth-order valence-electron chi connectivity index (χ4n) is 2.50. The summed E-state index contributed by atoms with van der Waals surface area (Å²) in [5, 5.41) is 15.0. The van der Waals surface area contributed by atoms with Crippen molar-refractivity contribution < 1.29 is 19.1 Å². The normalized spacial score (nSPS) is 13.3. The molecule has 0 radical (unpaired) electrons. The maximum Gasteiger partial charge on any atom is 0.322 e. The van der Waals surface area contributed by atoms with E-state index in [9.17, 15) is 19.1 Å². The molecule has 3 N–H and O–H groups in total. The lowest BCUT2D eigenvalue weighted by Crippen LogP contribution is -2.36. The van der Waals surface area contributed by atoms with Gasteiger partial charge in [0.2, 0.25) is 0 Å². The number of fused-ring (bicyclic) bond motifs is 1. The van der Waals surface area contributed by atoms with Gasteiger partial charge in [0.1, 0.15) is 11.4 Å². The van der Waals surface area contributed by atoms with Gasteiger partial charge in [-0.25, -0.2) is 9.18 Å². The number of pyridine rings is 1. The van der Waals surface area contributed by atoms with Crippen molar-refractivity contribution in [2.24, 2.45) is 0 Å². The number of carbonyl (C=O) groups excluding carboxylic acids is 2. The van der Waals surface area contributed by atoms with Crippen LogP contribution in [0.15, 0.2) is 36.5 Å². The maximum absolute atomic E-state index is 13.2. The molecule has 1 aliphatic heterocycles. The highest BCUT2D eigenvalue weighted by atomic mass is 19.1. The summed E-state index contributed by atoms with van der Waals surface area (Å²) in [4.78, 5) is 29.6. The zero-order chi connectivity index (χ0) is 18.9. The summed E-state index contributed by atoms with van der Waals surface area (Å²) in [6.07, 6.45) is 1.14. The van der Waals surface area contributed by atoms with E-state index in [-0.39, 0.29) is 6.03 Å². The van der Waals surface area contributed by atoms with Crippen LogP contribution in [-0.4, -0.2) is 32.5 Å². The average Bonchev–Trinajstić information content (AvgIpc) is 2.99. The third-order valence-electron chi connectivity index (χ3n) is 3.97. The number of hydrogen-bond acceptors (Lipinski definition) is 4. The Labute approximate surface area is 149 Å². The lowest BCUT2D eigenvalue weighted by Gasteiger charge is -2.18. The minimum absolute atomic E-state index is 0.297. The second kappa shape index (κ2) is 6.72. The number of carbonyl (C=O) groups is 2. The second-order valence-corrected chi connectivity index (χ2v) is 6.64. The Hall–Kier alpha value is -3.00. The molecule has 3 amide bonds. The first-order chi connectivity index (χ1) is 12.2. The van der Waals surface area contributed by atoms with Crippen LogP contribution in [0.4, 0.5) is 20.6 Å². The molecule has 0 bridgehead atoms. The Morgan fingerprint density at radius 2 is 1.77 bits per heavy atom. The van der Waals surface area contributed by atoms with Crippen LogP contribution in [0.25, 0.3) is 0 Å². The van der Waals surface area contributed by atoms with Crippen molar-refractivity contribution in [3.05, 3.63) is 53.6 Å². The summed E-state index contributed by atoms with van der Waals surface area (Å²) >= 11 is 0. The molecule has 0 aliphatic carbocycles. The summed E-state index contributed by atoms with van der Waals surface area (Å²) in [6.45, 7) is 3.41. The van der Waals surface area contributed by atoms with E-state index in [1.165, 1.54) is 24.8 Å². The van der Waals surface area contributed by atoms with E-state index < -0.39 is 17.3 Å². The molecule has 26 heavy (non-hydrogen) atoms. The Morgan fingerprint density at radius 1 is 1.15 bits per heavy atom. The number of halogens is 1. The predicted molar refractivity (Wildman–Crippen MR) is 93.8 cm³/mol. The molecule has 136 valence electrons. The number of aliphatic hydroxyl groups is 1. The van der Waals surface area contributed by atoms with Gasteiger partial charge in [0.15, 0.2) is 0 Å². The summed E-state index contributed by atoms with van der Waals surface area (Å²) in [7, 11) is 0. The SMILES string of the molecule is CC(C)(O)C(=O)Nc1ccc(NC(=O)N2Cc3cc(F)cnc3C2)cc1. The van der Waals surface area contributed by atoms with E-state index in [1.54, 1.807) is 24.3 Å². The van der Waals surface area contributed by atoms with Crippen molar-refractivity contribution in [1.82, 2.24) is 9.88 Å². The molecule has 3 rings (SSSR count). The van der Waals surface area contributed by atoms with E-state index in [0.29, 0.717) is 35.7 Å². The van der Waals surface area contributed by atoms with Gasteiger partial charge in [0.25, 0.3) is 5.91 Å². The van der Waals surface area contributed by atoms with Gasteiger partial charge in [-0.3, -0.25) is 9.78 Å². The summed E-state index contributed by atoms with van der Waals surface area (Å²) in [6, 6.07) is 7.58. The number of hydrogen-bond donors (Lipinski definition) is 3. The highest BCUT2D eigenvalue weighted by molar-refractivity contribution is 5.97. The molecule has 0 fully saturated rings. The molecule has 0 atom stereocenters. The van der Waals surface area contributed by atoms with Gasteiger partial charge in [-0.1, -0.05) is 0 Å². The van der Waals surface area contributed by atoms with Crippen molar-refractivity contribution >= 4 is 23.3 Å². The third kappa shape index (κ3) is 3.97. The molecule has 0 saturated heterocycles. The second-order valence-electron chi connectivity index (χ2n) is 6.64. The molecule has 7 nitrogen and oxygen atoms in total. The summed E-state index contributed by atoms with van der Waals surface area (Å²) in [5.74, 6) is -0.946. The Morgan fingerprint density at radius 3 is 2.38 bits per heavy atom. The van der Waals surface area contributed by atoms with Gasteiger partial charge in [0, 0.05) is 17.9 Å². The van der Waals surface area contributed by atoms with Crippen LogP contribution >= 0.6 is 0 Å². The molecule has 1 aromatic carbocycles. The number of nitrogens with one attached hydrogen (secondary N) is 2. The minimum Gasteiger partial charge on any atom is -0.381 e. The number of anilines is 2. The van der Waals surface area contributed by atoms with Crippen LogP contribution in [0.5, 0.6) is 0 Å². The summed E-state index contributed by atoms with van der Waals surface area (Å²) < 4.78 is 13.2. The standard InChI is InChI=1S/C18H19FN4O3/c1-18(2,26)16(24)21-13-3-5-14(6-4-13)22-17(25)23-9-11-7-12(19)8-20-15(11)10-23/h3-8,26H,9-10H2,1-2H3,(H,21,24)(H,22,25). The minimum atomic E-state index is -1.48. The molecular formula is C18H19FN4O3. The van der Waals surface area contributed by atoms with E-state index in [1.807, 2.05) is 0 Å². The Kier molecular flexibility index (Phi) is 4.60. The molecule has 0 unspecified atom stereocenters. The summed E-state index contributed by atoms with van der Waals surface area (Å²) in [5.41, 5.74) is 0.955. The maximum atomic E-state index is 13.2. The average molecular weight is 358 g/mol.